The third-order valence-corrected chi connectivity index (χ3v) is 4.19. The van der Waals surface area contributed by atoms with E-state index in [9.17, 15) is 9.59 Å². The van der Waals surface area contributed by atoms with E-state index in [1.165, 1.54) is 0 Å². The van der Waals surface area contributed by atoms with Gasteiger partial charge in [-0.1, -0.05) is 35.9 Å². The SMILES string of the molecule is Cc1cccc(C(=O)N[C@@H](C)C(=O)NCCCN(C)c2ccccc2)c1. The molecule has 0 aliphatic carbocycles. The molecule has 5 heteroatoms. The largest absolute Gasteiger partial charge is 0.375 e. The summed E-state index contributed by atoms with van der Waals surface area (Å²) in [6.45, 7) is 5.04. The van der Waals surface area contributed by atoms with Crippen LogP contribution in [0.3, 0.4) is 0 Å². The smallest absolute Gasteiger partial charge is 0.251 e. The number of nitrogens with zero attached hydrogens (tertiary/aromatic N) is 1. The highest BCUT2D eigenvalue weighted by Gasteiger charge is 2.16. The Labute approximate surface area is 155 Å². The van der Waals surface area contributed by atoms with E-state index in [0.29, 0.717) is 12.1 Å². The van der Waals surface area contributed by atoms with Crippen LogP contribution in [0.4, 0.5) is 5.69 Å². The van der Waals surface area contributed by atoms with Gasteiger partial charge in [-0.25, -0.2) is 0 Å². The summed E-state index contributed by atoms with van der Waals surface area (Å²) < 4.78 is 0. The molecular formula is C21H27N3O2. The summed E-state index contributed by atoms with van der Waals surface area (Å²) in [5.41, 5.74) is 2.73. The van der Waals surface area contributed by atoms with Gasteiger partial charge >= 0.3 is 0 Å². The first-order chi connectivity index (χ1) is 12.5. The average molecular weight is 353 g/mol. The summed E-state index contributed by atoms with van der Waals surface area (Å²) in [5, 5.41) is 5.61. The molecule has 0 heterocycles. The van der Waals surface area contributed by atoms with Crippen molar-refractivity contribution in [3.8, 4) is 0 Å². The van der Waals surface area contributed by atoms with Crippen LogP contribution in [-0.2, 0) is 4.79 Å². The molecule has 138 valence electrons. The number of carbonyl (C=O) groups excluding carboxylic acids is 2. The van der Waals surface area contributed by atoms with Crippen molar-refractivity contribution in [3.05, 3.63) is 65.7 Å². The summed E-state index contributed by atoms with van der Waals surface area (Å²) in [6, 6.07) is 16.9. The quantitative estimate of drug-likeness (QED) is 0.718. The van der Waals surface area contributed by atoms with Crippen LogP contribution in [0.25, 0.3) is 0 Å². The van der Waals surface area contributed by atoms with Crippen molar-refractivity contribution in [2.75, 3.05) is 25.0 Å². The van der Waals surface area contributed by atoms with Gasteiger partial charge in [0.05, 0.1) is 0 Å². The third-order valence-electron chi connectivity index (χ3n) is 4.19. The molecule has 2 rings (SSSR count). The summed E-state index contributed by atoms with van der Waals surface area (Å²) in [6.07, 6.45) is 0.829. The molecule has 1 atom stereocenters. The van der Waals surface area contributed by atoms with Crippen molar-refractivity contribution < 1.29 is 9.59 Å². The lowest BCUT2D eigenvalue weighted by atomic mass is 10.1. The second kappa shape index (κ2) is 9.61. The maximum absolute atomic E-state index is 12.2. The van der Waals surface area contributed by atoms with Gasteiger partial charge in [0.25, 0.3) is 5.91 Å². The fraction of sp³-hybridized carbons (Fsp3) is 0.333. The Morgan fingerprint density at radius 2 is 1.81 bits per heavy atom. The number of para-hydroxylation sites is 1. The van der Waals surface area contributed by atoms with Gasteiger partial charge in [0.15, 0.2) is 0 Å². The molecule has 0 bridgehead atoms. The number of aryl methyl sites for hydroxylation is 1. The van der Waals surface area contributed by atoms with E-state index in [-0.39, 0.29) is 11.8 Å². The lowest BCUT2D eigenvalue weighted by Gasteiger charge is -2.19. The molecular weight excluding hydrogens is 326 g/mol. The van der Waals surface area contributed by atoms with Gasteiger partial charge < -0.3 is 15.5 Å². The predicted molar refractivity (Wildman–Crippen MR) is 105 cm³/mol. The highest BCUT2D eigenvalue weighted by atomic mass is 16.2. The molecule has 2 N–H and O–H groups in total. The number of anilines is 1. The molecule has 26 heavy (non-hydrogen) atoms. The molecule has 0 fully saturated rings. The second-order valence-electron chi connectivity index (χ2n) is 6.47. The highest BCUT2D eigenvalue weighted by molar-refractivity contribution is 5.97. The molecule has 0 unspecified atom stereocenters. The molecule has 2 aromatic carbocycles. The zero-order valence-corrected chi connectivity index (χ0v) is 15.7. The Bertz CT molecular complexity index is 731. The third kappa shape index (κ3) is 5.92. The fourth-order valence-electron chi connectivity index (χ4n) is 2.62. The first-order valence-electron chi connectivity index (χ1n) is 8.89. The number of rotatable bonds is 8. The molecule has 0 radical (unpaired) electrons. The van der Waals surface area contributed by atoms with Crippen LogP contribution in [0, 0.1) is 6.92 Å². The minimum atomic E-state index is -0.574. The van der Waals surface area contributed by atoms with E-state index in [1.807, 2.05) is 44.3 Å². The van der Waals surface area contributed by atoms with Crippen LogP contribution in [-0.4, -0.2) is 38.0 Å². The topological polar surface area (TPSA) is 61.4 Å². The van der Waals surface area contributed by atoms with Crippen molar-refractivity contribution in [3.63, 3.8) is 0 Å². The van der Waals surface area contributed by atoms with Gasteiger partial charge in [-0.15, -0.1) is 0 Å². The Hall–Kier alpha value is -2.82. The van der Waals surface area contributed by atoms with Crippen molar-refractivity contribution in [1.29, 1.82) is 0 Å². The van der Waals surface area contributed by atoms with Crippen LogP contribution in [0.2, 0.25) is 0 Å². The first-order valence-corrected chi connectivity index (χ1v) is 8.89. The monoisotopic (exact) mass is 353 g/mol. The molecule has 0 saturated heterocycles. The Balaban J connectivity index is 1.71. The lowest BCUT2D eigenvalue weighted by Crippen LogP contribution is -2.45. The molecule has 0 aliphatic heterocycles. The molecule has 5 nitrogen and oxygen atoms in total. The zero-order valence-electron chi connectivity index (χ0n) is 15.7. The Morgan fingerprint density at radius 3 is 2.50 bits per heavy atom. The van der Waals surface area contributed by atoms with Crippen molar-refractivity contribution in [2.24, 2.45) is 0 Å². The molecule has 0 aliphatic rings. The number of carbonyl (C=O) groups is 2. The molecule has 2 amide bonds. The van der Waals surface area contributed by atoms with Crippen LogP contribution in [0.1, 0.15) is 29.3 Å². The zero-order chi connectivity index (χ0) is 18.9. The van der Waals surface area contributed by atoms with Crippen molar-refractivity contribution >= 4 is 17.5 Å². The Kier molecular flexibility index (Phi) is 7.21. The van der Waals surface area contributed by atoms with Crippen LogP contribution < -0.4 is 15.5 Å². The normalized spacial score (nSPS) is 11.5. The minimum absolute atomic E-state index is 0.173. The van der Waals surface area contributed by atoms with E-state index in [1.54, 1.807) is 19.1 Å². The summed E-state index contributed by atoms with van der Waals surface area (Å²) in [5.74, 6) is -0.409. The van der Waals surface area contributed by atoms with Gasteiger partial charge in [-0.05, 0) is 44.5 Å². The fourth-order valence-corrected chi connectivity index (χ4v) is 2.62. The number of hydrogen-bond donors (Lipinski definition) is 2. The summed E-state index contributed by atoms with van der Waals surface area (Å²) in [4.78, 5) is 26.5. The first kappa shape index (κ1) is 19.5. The number of amides is 2. The molecule has 0 saturated carbocycles. The Morgan fingerprint density at radius 1 is 1.08 bits per heavy atom. The predicted octanol–water partition coefficient (Wildman–Crippen LogP) is 2.76. The van der Waals surface area contributed by atoms with Crippen LogP contribution in [0.5, 0.6) is 0 Å². The van der Waals surface area contributed by atoms with E-state index < -0.39 is 6.04 Å². The van der Waals surface area contributed by atoms with Crippen LogP contribution in [0.15, 0.2) is 54.6 Å². The number of nitrogens with one attached hydrogen (secondary N) is 2. The summed E-state index contributed by atoms with van der Waals surface area (Å²) in [7, 11) is 2.03. The number of benzene rings is 2. The van der Waals surface area contributed by atoms with Gasteiger partial charge in [-0.2, -0.15) is 0 Å². The molecule has 0 spiro atoms. The maximum atomic E-state index is 12.2. The van der Waals surface area contributed by atoms with Crippen LogP contribution >= 0.6 is 0 Å². The highest BCUT2D eigenvalue weighted by Crippen LogP contribution is 2.10. The standard InChI is InChI=1S/C21H27N3O2/c1-16-9-7-10-18(15-16)21(26)23-17(2)20(25)22-13-8-14-24(3)19-11-5-4-6-12-19/h4-7,9-12,15,17H,8,13-14H2,1-3H3,(H,22,25)(H,23,26)/t17-/m0/s1. The van der Waals surface area contributed by atoms with Gasteiger partial charge in [-0.3, -0.25) is 9.59 Å². The van der Waals surface area contributed by atoms with Crippen molar-refractivity contribution in [2.45, 2.75) is 26.3 Å². The maximum Gasteiger partial charge on any atom is 0.251 e. The molecule has 0 aromatic heterocycles. The summed E-state index contributed by atoms with van der Waals surface area (Å²) >= 11 is 0. The van der Waals surface area contributed by atoms with E-state index >= 15 is 0 Å². The van der Waals surface area contributed by atoms with E-state index in [0.717, 1.165) is 24.2 Å². The molecule has 2 aromatic rings. The lowest BCUT2D eigenvalue weighted by molar-refractivity contribution is -0.122. The number of hydrogen-bond acceptors (Lipinski definition) is 3. The van der Waals surface area contributed by atoms with Gasteiger partial charge in [0.1, 0.15) is 6.04 Å². The minimum Gasteiger partial charge on any atom is -0.375 e. The van der Waals surface area contributed by atoms with Gasteiger partial charge in [0, 0.05) is 31.4 Å². The van der Waals surface area contributed by atoms with E-state index in [2.05, 4.69) is 27.7 Å². The van der Waals surface area contributed by atoms with Crippen molar-refractivity contribution in [1.82, 2.24) is 10.6 Å². The second-order valence-corrected chi connectivity index (χ2v) is 6.47. The average Bonchev–Trinajstić information content (AvgIpc) is 2.65. The van der Waals surface area contributed by atoms with Gasteiger partial charge in [0.2, 0.25) is 5.91 Å². The van der Waals surface area contributed by atoms with E-state index in [4.69, 9.17) is 0 Å².